The van der Waals surface area contributed by atoms with E-state index in [4.69, 9.17) is 4.98 Å². The minimum Gasteiger partial charge on any atom is -0.313 e. The minimum atomic E-state index is 0.779. The maximum Gasteiger partial charge on any atom is 0.158 e. The quantitative estimate of drug-likeness (QED) is 0.798. The zero-order valence-corrected chi connectivity index (χ0v) is 12.8. The highest BCUT2D eigenvalue weighted by atomic mass is 79.9. The van der Waals surface area contributed by atoms with Crippen molar-refractivity contribution < 1.29 is 0 Å². The van der Waals surface area contributed by atoms with Gasteiger partial charge in [0.1, 0.15) is 0 Å². The van der Waals surface area contributed by atoms with Crippen LogP contribution in [0.1, 0.15) is 12.5 Å². The second-order valence-corrected chi connectivity index (χ2v) is 5.46. The van der Waals surface area contributed by atoms with E-state index in [-0.39, 0.29) is 0 Å². The Hall–Kier alpha value is -1.72. The van der Waals surface area contributed by atoms with Gasteiger partial charge in [-0.05, 0) is 34.6 Å². The number of hydrogen-bond acceptors (Lipinski definition) is 3. The highest BCUT2D eigenvalue weighted by Crippen LogP contribution is 2.20. The fraction of sp³-hybridized carbons (Fsp3) is 0.200. The first kappa shape index (κ1) is 13.3. The summed E-state index contributed by atoms with van der Waals surface area (Å²) in [6, 6.07) is 10.3. The molecule has 0 fully saturated rings. The molecule has 102 valence electrons. The average molecular weight is 331 g/mol. The predicted molar refractivity (Wildman–Crippen MR) is 83.9 cm³/mol. The van der Waals surface area contributed by atoms with Crippen LogP contribution in [0.3, 0.4) is 0 Å². The van der Waals surface area contributed by atoms with Crippen LogP contribution in [0.4, 0.5) is 0 Å². The van der Waals surface area contributed by atoms with Crippen LogP contribution in [0, 0.1) is 0 Å². The Bertz CT molecular complexity index is 736. The number of benzene rings is 1. The number of halogens is 1. The summed E-state index contributed by atoms with van der Waals surface area (Å²) in [7, 11) is 0. The van der Waals surface area contributed by atoms with E-state index in [1.807, 2.05) is 29.1 Å². The largest absolute Gasteiger partial charge is 0.313 e. The highest BCUT2D eigenvalue weighted by Gasteiger charge is 2.09. The summed E-state index contributed by atoms with van der Waals surface area (Å²) < 4.78 is 2.75. The molecule has 0 bridgehead atoms. The molecule has 1 aromatic carbocycles. The van der Waals surface area contributed by atoms with E-state index in [1.54, 1.807) is 6.20 Å². The number of fused-ring (bicyclic) bond motifs is 1. The molecule has 0 aliphatic heterocycles. The smallest absolute Gasteiger partial charge is 0.158 e. The predicted octanol–water partition coefficient (Wildman–Crippen LogP) is 3.29. The van der Waals surface area contributed by atoms with Crippen LogP contribution >= 0.6 is 15.9 Å². The van der Waals surface area contributed by atoms with Crippen LogP contribution in [-0.2, 0) is 6.54 Å². The fourth-order valence-corrected chi connectivity index (χ4v) is 2.44. The van der Waals surface area contributed by atoms with Gasteiger partial charge >= 0.3 is 0 Å². The highest BCUT2D eigenvalue weighted by molar-refractivity contribution is 9.10. The molecule has 3 aromatic rings. The molecule has 0 aliphatic rings. The number of rotatable bonds is 4. The van der Waals surface area contributed by atoms with Gasteiger partial charge in [0.25, 0.3) is 0 Å². The fourth-order valence-electron chi connectivity index (χ4n) is 2.15. The summed E-state index contributed by atoms with van der Waals surface area (Å²) in [5.41, 5.74) is 2.12. The van der Waals surface area contributed by atoms with Crippen molar-refractivity contribution in [3.8, 4) is 5.82 Å². The van der Waals surface area contributed by atoms with E-state index in [1.165, 1.54) is 0 Å². The maximum atomic E-state index is 4.75. The summed E-state index contributed by atoms with van der Waals surface area (Å²) in [5.74, 6) is 0.871. The van der Waals surface area contributed by atoms with E-state index in [9.17, 15) is 0 Å². The third-order valence-corrected chi connectivity index (χ3v) is 3.52. The van der Waals surface area contributed by atoms with Crippen molar-refractivity contribution in [1.82, 2.24) is 20.1 Å². The summed E-state index contributed by atoms with van der Waals surface area (Å²) in [6.07, 6.45) is 3.69. The van der Waals surface area contributed by atoms with E-state index in [0.717, 1.165) is 39.8 Å². The molecule has 0 unspecified atom stereocenters. The molecule has 0 saturated heterocycles. The molecule has 5 heteroatoms. The Morgan fingerprint density at radius 1 is 1.30 bits per heavy atom. The van der Waals surface area contributed by atoms with Gasteiger partial charge in [0, 0.05) is 23.7 Å². The van der Waals surface area contributed by atoms with Crippen LogP contribution in [-0.4, -0.2) is 21.3 Å². The lowest BCUT2D eigenvalue weighted by Crippen LogP contribution is -2.15. The van der Waals surface area contributed by atoms with Crippen molar-refractivity contribution in [3.05, 3.63) is 52.8 Å². The summed E-state index contributed by atoms with van der Waals surface area (Å²) in [5, 5.41) is 8.84. The lowest BCUT2D eigenvalue weighted by molar-refractivity contribution is 0.712. The molecule has 3 rings (SSSR count). The molecular formula is C15H15BrN4. The molecule has 1 N–H and O–H groups in total. The van der Waals surface area contributed by atoms with Crippen molar-refractivity contribution in [1.29, 1.82) is 0 Å². The molecule has 0 radical (unpaired) electrons. The lowest BCUT2D eigenvalue weighted by atomic mass is 10.1. The van der Waals surface area contributed by atoms with Crippen LogP contribution in [0.5, 0.6) is 0 Å². The maximum absolute atomic E-state index is 4.75. The molecule has 2 aromatic heterocycles. The van der Waals surface area contributed by atoms with Gasteiger partial charge in [-0.25, -0.2) is 9.67 Å². The van der Waals surface area contributed by atoms with Crippen molar-refractivity contribution in [2.75, 3.05) is 6.54 Å². The first-order valence-corrected chi connectivity index (χ1v) is 7.37. The molecule has 20 heavy (non-hydrogen) atoms. The van der Waals surface area contributed by atoms with E-state index >= 15 is 0 Å². The standard InChI is InChI=1S/C15H15BrN4/c1-2-17-8-12-7-11-5-3-4-6-14(11)19-15(12)20-10-13(16)9-18-20/h3-7,9-10,17H,2,8H2,1H3. The number of nitrogens with zero attached hydrogens (tertiary/aromatic N) is 3. The number of nitrogens with one attached hydrogen (secondary N) is 1. The van der Waals surface area contributed by atoms with E-state index in [0.29, 0.717) is 0 Å². The average Bonchev–Trinajstić information content (AvgIpc) is 2.90. The summed E-state index contributed by atoms with van der Waals surface area (Å²) in [6.45, 7) is 3.80. The van der Waals surface area contributed by atoms with Crippen molar-refractivity contribution >= 4 is 26.8 Å². The van der Waals surface area contributed by atoms with Crippen LogP contribution in [0.15, 0.2) is 47.2 Å². The summed E-state index contributed by atoms with van der Waals surface area (Å²) in [4.78, 5) is 4.75. The minimum absolute atomic E-state index is 0.779. The normalized spacial score (nSPS) is 11.1. The third-order valence-electron chi connectivity index (χ3n) is 3.11. The number of hydrogen-bond donors (Lipinski definition) is 1. The van der Waals surface area contributed by atoms with Crippen LogP contribution in [0.25, 0.3) is 16.7 Å². The van der Waals surface area contributed by atoms with Gasteiger partial charge in [-0.3, -0.25) is 0 Å². The van der Waals surface area contributed by atoms with E-state index < -0.39 is 0 Å². The molecule has 0 aliphatic carbocycles. The number of aromatic nitrogens is 3. The Balaban J connectivity index is 2.15. The molecule has 0 saturated carbocycles. The second kappa shape index (κ2) is 5.73. The second-order valence-electron chi connectivity index (χ2n) is 4.55. The van der Waals surface area contributed by atoms with Crippen molar-refractivity contribution in [2.45, 2.75) is 13.5 Å². The summed E-state index contributed by atoms with van der Waals surface area (Å²) >= 11 is 3.43. The number of para-hydroxylation sites is 1. The SMILES string of the molecule is CCNCc1cc2ccccc2nc1-n1cc(Br)cn1. The first-order valence-electron chi connectivity index (χ1n) is 6.58. The van der Waals surface area contributed by atoms with E-state index in [2.05, 4.69) is 45.4 Å². The van der Waals surface area contributed by atoms with Gasteiger partial charge < -0.3 is 5.32 Å². The Labute approximate surface area is 126 Å². The molecular weight excluding hydrogens is 316 g/mol. The van der Waals surface area contributed by atoms with Gasteiger partial charge in [0.15, 0.2) is 5.82 Å². The van der Waals surface area contributed by atoms with Gasteiger partial charge in [-0.1, -0.05) is 25.1 Å². The topological polar surface area (TPSA) is 42.7 Å². The van der Waals surface area contributed by atoms with Gasteiger partial charge in [0.05, 0.1) is 16.2 Å². The molecule has 2 heterocycles. The monoisotopic (exact) mass is 330 g/mol. The molecule has 0 atom stereocenters. The van der Waals surface area contributed by atoms with Gasteiger partial charge in [0.2, 0.25) is 0 Å². The molecule has 0 spiro atoms. The van der Waals surface area contributed by atoms with Crippen LogP contribution in [0.2, 0.25) is 0 Å². The Kier molecular flexibility index (Phi) is 3.80. The number of pyridine rings is 1. The van der Waals surface area contributed by atoms with Gasteiger partial charge in [-0.15, -0.1) is 0 Å². The Morgan fingerprint density at radius 2 is 2.15 bits per heavy atom. The Morgan fingerprint density at radius 3 is 2.90 bits per heavy atom. The van der Waals surface area contributed by atoms with Crippen molar-refractivity contribution in [3.63, 3.8) is 0 Å². The molecule has 4 nitrogen and oxygen atoms in total. The van der Waals surface area contributed by atoms with Gasteiger partial charge in [-0.2, -0.15) is 5.10 Å². The zero-order chi connectivity index (χ0) is 13.9. The van der Waals surface area contributed by atoms with Crippen molar-refractivity contribution in [2.24, 2.45) is 0 Å². The third kappa shape index (κ3) is 2.59. The lowest BCUT2D eigenvalue weighted by Gasteiger charge is -2.11. The molecule has 0 amide bonds. The van der Waals surface area contributed by atoms with Crippen LogP contribution < -0.4 is 5.32 Å². The first-order chi connectivity index (χ1) is 9.78. The zero-order valence-electron chi connectivity index (χ0n) is 11.2.